The van der Waals surface area contributed by atoms with Crippen LogP contribution in [0.4, 0.5) is 0 Å². The smallest absolute Gasteiger partial charge is 0.0263 e. The second-order valence-electron chi connectivity index (χ2n) is 8.74. The molecule has 0 heterocycles. The Morgan fingerprint density at radius 2 is 1.65 bits per heavy atom. The van der Waals surface area contributed by atoms with Crippen LogP contribution in [0, 0.1) is 46.8 Å². The van der Waals surface area contributed by atoms with E-state index in [1.165, 1.54) is 25.2 Å². The molecule has 3 aliphatic carbocycles. The molecule has 0 heteroatoms. The highest BCUT2D eigenvalue weighted by Crippen LogP contribution is 2.74. The van der Waals surface area contributed by atoms with Gasteiger partial charge in [-0.1, -0.05) is 53.9 Å². The van der Waals surface area contributed by atoms with E-state index in [1.54, 1.807) is 25.7 Å². The van der Waals surface area contributed by atoms with E-state index >= 15 is 0 Å². The van der Waals surface area contributed by atoms with Crippen molar-refractivity contribution >= 4 is 0 Å². The molecule has 20 heavy (non-hydrogen) atoms. The summed E-state index contributed by atoms with van der Waals surface area (Å²) < 4.78 is 0. The Hall–Kier alpha value is 0. The Morgan fingerprint density at radius 3 is 2.10 bits per heavy atom. The molecule has 1 spiro atoms. The van der Waals surface area contributed by atoms with E-state index in [1.807, 2.05) is 0 Å². The van der Waals surface area contributed by atoms with Crippen molar-refractivity contribution in [1.29, 1.82) is 0 Å². The van der Waals surface area contributed by atoms with Gasteiger partial charge in [0.1, 0.15) is 0 Å². The van der Waals surface area contributed by atoms with Gasteiger partial charge in [-0.3, -0.25) is 0 Å². The van der Waals surface area contributed by atoms with E-state index in [0.29, 0.717) is 0 Å². The lowest BCUT2D eigenvalue weighted by Gasteiger charge is -2.32. The van der Waals surface area contributed by atoms with Gasteiger partial charge in [-0.15, -0.1) is 0 Å². The average Bonchev–Trinajstić information content (AvgIpc) is 3.26. The third-order valence-corrected chi connectivity index (χ3v) is 8.14. The molecule has 0 radical (unpaired) electrons. The summed E-state index contributed by atoms with van der Waals surface area (Å²) in [6.07, 6.45) is 10.6. The fourth-order valence-corrected chi connectivity index (χ4v) is 5.82. The highest BCUT2D eigenvalue weighted by atomic mass is 14.7. The van der Waals surface area contributed by atoms with Gasteiger partial charge >= 0.3 is 0 Å². The summed E-state index contributed by atoms with van der Waals surface area (Å²) in [6, 6.07) is 0. The van der Waals surface area contributed by atoms with Crippen molar-refractivity contribution in [1.82, 2.24) is 0 Å². The summed E-state index contributed by atoms with van der Waals surface area (Å²) in [5.74, 6) is 7.15. The zero-order chi connectivity index (χ0) is 14.5. The minimum atomic E-state index is 0.906. The van der Waals surface area contributed by atoms with Gasteiger partial charge in [0.2, 0.25) is 0 Å². The molecular weight excluding hydrogens is 240 g/mol. The Balaban J connectivity index is 1.51. The predicted octanol–water partition coefficient (Wildman–Crippen LogP) is 6.16. The molecule has 0 aromatic rings. The van der Waals surface area contributed by atoms with E-state index in [4.69, 9.17) is 0 Å². The van der Waals surface area contributed by atoms with Gasteiger partial charge in [-0.2, -0.15) is 0 Å². The van der Waals surface area contributed by atoms with Crippen molar-refractivity contribution in [2.24, 2.45) is 46.8 Å². The van der Waals surface area contributed by atoms with Gasteiger partial charge in [0.25, 0.3) is 0 Å². The highest BCUT2D eigenvalue weighted by Gasteiger charge is 2.65. The first-order valence-electron chi connectivity index (χ1n) is 9.54. The van der Waals surface area contributed by atoms with Crippen LogP contribution in [-0.2, 0) is 0 Å². The Kier molecular flexibility index (Phi) is 3.97. The van der Waals surface area contributed by atoms with E-state index in [-0.39, 0.29) is 0 Å². The molecule has 3 rings (SSSR count). The van der Waals surface area contributed by atoms with E-state index in [0.717, 1.165) is 40.9 Å². The summed E-state index contributed by atoms with van der Waals surface area (Å²) in [5, 5.41) is 0. The van der Waals surface area contributed by atoms with Crippen LogP contribution in [0.15, 0.2) is 0 Å². The Bertz CT molecular complexity index is 336. The Morgan fingerprint density at radius 1 is 1.00 bits per heavy atom. The SMILES string of the molecule is CCC(CC)C(C)C(C)C(C)C1CC1C1CC12CCC2. The minimum Gasteiger partial charge on any atom is -0.0651 e. The molecule has 3 aliphatic rings. The molecule has 0 nitrogen and oxygen atoms in total. The van der Waals surface area contributed by atoms with Crippen molar-refractivity contribution in [2.45, 2.75) is 79.6 Å². The molecule has 0 amide bonds. The number of hydrogen-bond donors (Lipinski definition) is 0. The van der Waals surface area contributed by atoms with Crippen LogP contribution in [-0.4, -0.2) is 0 Å². The second kappa shape index (κ2) is 5.33. The molecule has 116 valence electrons. The minimum absolute atomic E-state index is 0.906. The molecule has 0 saturated heterocycles. The fraction of sp³-hybridized carbons (Fsp3) is 1.00. The molecular formula is C20H36. The zero-order valence-corrected chi connectivity index (χ0v) is 14.5. The fourth-order valence-electron chi connectivity index (χ4n) is 5.82. The van der Waals surface area contributed by atoms with E-state index in [9.17, 15) is 0 Å². The average molecular weight is 277 g/mol. The first-order chi connectivity index (χ1) is 9.54. The van der Waals surface area contributed by atoms with Crippen LogP contribution in [0.25, 0.3) is 0 Å². The molecule has 6 atom stereocenters. The lowest BCUT2D eigenvalue weighted by atomic mass is 9.73. The molecule has 0 N–H and O–H groups in total. The molecule has 3 saturated carbocycles. The molecule has 0 aromatic heterocycles. The third kappa shape index (κ3) is 2.35. The summed E-state index contributed by atoms with van der Waals surface area (Å²) in [4.78, 5) is 0. The van der Waals surface area contributed by atoms with Crippen LogP contribution in [0.5, 0.6) is 0 Å². The van der Waals surface area contributed by atoms with E-state index < -0.39 is 0 Å². The second-order valence-corrected chi connectivity index (χ2v) is 8.74. The van der Waals surface area contributed by atoms with Crippen LogP contribution < -0.4 is 0 Å². The molecule has 0 aliphatic heterocycles. The lowest BCUT2D eigenvalue weighted by Crippen LogP contribution is -2.25. The summed E-state index contributed by atoms with van der Waals surface area (Å²) in [5.41, 5.74) is 0.906. The maximum Gasteiger partial charge on any atom is -0.0263 e. The van der Waals surface area contributed by atoms with Gasteiger partial charge < -0.3 is 0 Å². The predicted molar refractivity (Wildman–Crippen MR) is 87.6 cm³/mol. The first-order valence-corrected chi connectivity index (χ1v) is 9.54. The van der Waals surface area contributed by atoms with Crippen LogP contribution in [0.3, 0.4) is 0 Å². The summed E-state index contributed by atoms with van der Waals surface area (Å²) in [7, 11) is 0. The maximum absolute atomic E-state index is 2.57. The standard InChI is InChI=1S/C20H36/c1-6-16(7-2)14(4)13(3)15(5)17-11-18(17)19-12-20(19)9-8-10-20/h13-19H,6-12H2,1-5H3. The van der Waals surface area contributed by atoms with Crippen molar-refractivity contribution in [3.8, 4) is 0 Å². The molecule has 3 fully saturated rings. The highest BCUT2D eigenvalue weighted by molar-refractivity contribution is 5.14. The van der Waals surface area contributed by atoms with Crippen molar-refractivity contribution < 1.29 is 0 Å². The van der Waals surface area contributed by atoms with Gasteiger partial charge in [0.15, 0.2) is 0 Å². The summed E-state index contributed by atoms with van der Waals surface area (Å²) >= 11 is 0. The normalized spacial score (nSPS) is 38.4. The lowest BCUT2D eigenvalue weighted by molar-refractivity contribution is 0.169. The van der Waals surface area contributed by atoms with Gasteiger partial charge in [-0.05, 0) is 72.5 Å². The zero-order valence-electron chi connectivity index (χ0n) is 14.5. The molecule has 0 bridgehead atoms. The van der Waals surface area contributed by atoms with Gasteiger partial charge in [0.05, 0.1) is 0 Å². The quantitative estimate of drug-likeness (QED) is 0.522. The number of hydrogen-bond acceptors (Lipinski definition) is 0. The monoisotopic (exact) mass is 276 g/mol. The summed E-state index contributed by atoms with van der Waals surface area (Å²) in [6.45, 7) is 12.4. The Labute approximate surface area is 127 Å². The topological polar surface area (TPSA) is 0 Å². The largest absolute Gasteiger partial charge is 0.0651 e. The van der Waals surface area contributed by atoms with Crippen molar-refractivity contribution in [3.63, 3.8) is 0 Å². The van der Waals surface area contributed by atoms with Crippen molar-refractivity contribution in [2.75, 3.05) is 0 Å². The van der Waals surface area contributed by atoms with Crippen LogP contribution in [0.1, 0.15) is 79.6 Å². The van der Waals surface area contributed by atoms with Gasteiger partial charge in [-0.25, -0.2) is 0 Å². The van der Waals surface area contributed by atoms with Gasteiger partial charge in [0, 0.05) is 0 Å². The van der Waals surface area contributed by atoms with E-state index in [2.05, 4.69) is 34.6 Å². The first kappa shape index (κ1) is 14.9. The number of rotatable bonds is 7. The van der Waals surface area contributed by atoms with Crippen LogP contribution >= 0.6 is 0 Å². The third-order valence-electron chi connectivity index (χ3n) is 8.14. The van der Waals surface area contributed by atoms with Crippen molar-refractivity contribution in [3.05, 3.63) is 0 Å². The molecule has 6 unspecified atom stereocenters. The maximum atomic E-state index is 2.57. The van der Waals surface area contributed by atoms with Crippen LogP contribution in [0.2, 0.25) is 0 Å². The molecule has 0 aromatic carbocycles.